The summed E-state index contributed by atoms with van der Waals surface area (Å²) in [5, 5.41) is 2.76. The van der Waals surface area contributed by atoms with Gasteiger partial charge in [0.15, 0.2) is 21.5 Å². The van der Waals surface area contributed by atoms with E-state index in [9.17, 15) is 13.2 Å². The first-order valence-electron chi connectivity index (χ1n) is 7.93. The van der Waals surface area contributed by atoms with Crippen molar-refractivity contribution in [1.29, 1.82) is 0 Å². The second-order valence-corrected chi connectivity index (χ2v) is 8.38. The van der Waals surface area contributed by atoms with Crippen LogP contribution in [0.4, 0.5) is 0 Å². The van der Waals surface area contributed by atoms with Crippen LogP contribution in [-0.4, -0.2) is 36.9 Å². The van der Waals surface area contributed by atoms with Gasteiger partial charge in [-0.25, -0.2) is 13.4 Å². The summed E-state index contributed by atoms with van der Waals surface area (Å²) in [6, 6.07) is 7.66. The van der Waals surface area contributed by atoms with Crippen LogP contribution in [0.1, 0.15) is 24.3 Å². The van der Waals surface area contributed by atoms with Gasteiger partial charge in [-0.1, -0.05) is 29.8 Å². The normalized spacial score (nSPS) is 19.3. The number of amides is 1. The summed E-state index contributed by atoms with van der Waals surface area (Å²) in [7, 11) is -2.98. The standard InChI is InChI=1S/C17H20N2O4S/c1-12-2-4-13(5-3-12)15-10-18-17(23-15)7-6-16(20)19-14-8-9-24(21,22)11-14/h2-5,10,14H,6-9,11H2,1H3,(H,19,20). The van der Waals surface area contributed by atoms with Crippen LogP contribution in [0.2, 0.25) is 0 Å². The molecule has 3 rings (SSSR count). The number of benzene rings is 1. The van der Waals surface area contributed by atoms with Gasteiger partial charge in [-0.15, -0.1) is 0 Å². The van der Waals surface area contributed by atoms with E-state index >= 15 is 0 Å². The van der Waals surface area contributed by atoms with Gasteiger partial charge in [0.2, 0.25) is 5.91 Å². The van der Waals surface area contributed by atoms with Gasteiger partial charge in [0.25, 0.3) is 0 Å². The number of nitrogens with zero attached hydrogens (tertiary/aromatic N) is 1. The van der Waals surface area contributed by atoms with Crippen molar-refractivity contribution in [2.75, 3.05) is 11.5 Å². The van der Waals surface area contributed by atoms with Crippen molar-refractivity contribution in [2.45, 2.75) is 32.2 Å². The van der Waals surface area contributed by atoms with Gasteiger partial charge in [0.05, 0.1) is 17.7 Å². The summed E-state index contributed by atoms with van der Waals surface area (Å²) in [4.78, 5) is 16.1. The zero-order valence-corrected chi connectivity index (χ0v) is 14.3. The molecule has 1 aromatic heterocycles. The predicted molar refractivity (Wildman–Crippen MR) is 90.2 cm³/mol. The molecule has 1 unspecified atom stereocenters. The summed E-state index contributed by atoms with van der Waals surface area (Å²) in [6.45, 7) is 2.02. The molecule has 1 atom stereocenters. The van der Waals surface area contributed by atoms with Crippen LogP contribution < -0.4 is 5.32 Å². The maximum absolute atomic E-state index is 11.9. The Hall–Kier alpha value is -2.15. The molecule has 0 spiro atoms. The molecule has 1 fully saturated rings. The number of rotatable bonds is 5. The van der Waals surface area contributed by atoms with Crippen LogP contribution in [0, 0.1) is 6.92 Å². The maximum atomic E-state index is 11.9. The third kappa shape index (κ3) is 4.23. The highest BCUT2D eigenvalue weighted by Gasteiger charge is 2.28. The number of nitrogens with one attached hydrogen (secondary N) is 1. The monoisotopic (exact) mass is 348 g/mol. The van der Waals surface area contributed by atoms with Gasteiger partial charge in [-0.2, -0.15) is 0 Å². The molecule has 2 aromatic rings. The molecule has 24 heavy (non-hydrogen) atoms. The summed E-state index contributed by atoms with van der Waals surface area (Å²) >= 11 is 0. The van der Waals surface area contributed by atoms with Gasteiger partial charge >= 0.3 is 0 Å². The van der Waals surface area contributed by atoms with Gasteiger partial charge in [0.1, 0.15) is 0 Å². The van der Waals surface area contributed by atoms with Gasteiger partial charge < -0.3 is 9.73 Å². The molecule has 1 N–H and O–H groups in total. The minimum absolute atomic E-state index is 0.0370. The first-order chi connectivity index (χ1) is 11.4. The van der Waals surface area contributed by atoms with Crippen molar-refractivity contribution >= 4 is 15.7 Å². The average molecular weight is 348 g/mol. The van der Waals surface area contributed by atoms with E-state index in [4.69, 9.17) is 4.42 Å². The highest BCUT2D eigenvalue weighted by Crippen LogP contribution is 2.21. The summed E-state index contributed by atoms with van der Waals surface area (Å²) in [5.74, 6) is 1.19. The molecular formula is C17H20N2O4S. The largest absolute Gasteiger partial charge is 0.441 e. The molecule has 0 radical (unpaired) electrons. The van der Waals surface area contributed by atoms with Crippen LogP contribution >= 0.6 is 0 Å². The van der Waals surface area contributed by atoms with Crippen LogP contribution in [0.3, 0.4) is 0 Å². The minimum atomic E-state index is -2.98. The lowest BCUT2D eigenvalue weighted by Gasteiger charge is -2.09. The van der Waals surface area contributed by atoms with E-state index in [1.54, 1.807) is 6.20 Å². The lowest BCUT2D eigenvalue weighted by molar-refractivity contribution is -0.121. The van der Waals surface area contributed by atoms with E-state index in [0.717, 1.165) is 5.56 Å². The van der Waals surface area contributed by atoms with Crippen molar-refractivity contribution in [1.82, 2.24) is 10.3 Å². The summed E-state index contributed by atoms with van der Waals surface area (Å²) in [6.07, 6.45) is 2.76. The number of aromatic nitrogens is 1. The van der Waals surface area contributed by atoms with Gasteiger partial charge in [-0.3, -0.25) is 4.79 Å². The Morgan fingerprint density at radius 3 is 2.75 bits per heavy atom. The van der Waals surface area contributed by atoms with E-state index in [0.29, 0.717) is 24.5 Å². The molecule has 7 heteroatoms. The third-order valence-corrected chi connectivity index (χ3v) is 5.82. The highest BCUT2D eigenvalue weighted by atomic mass is 32.2. The second kappa shape index (κ2) is 6.76. The second-order valence-electron chi connectivity index (χ2n) is 6.15. The Balaban J connectivity index is 1.52. The van der Waals surface area contributed by atoms with Gasteiger partial charge in [-0.05, 0) is 13.3 Å². The molecule has 1 aliphatic heterocycles. The Bertz CT molecular complexity index is 825. The van der Waals surface area contributed by atoms with E-state index in [1.165, 1.54) is 5.56 Å². The molecule has 2 heterocycles. The lowest BCUT2D eigenvalue weighted by atomic mass is 10.1. The zero-order chi connectivity index (χ0) is 17.2. The van der Waals surface area contributed by atoms with E-state index in [2.05, 4.69) is 10.3 Å². The molecule has 128 valence electrons. The molecule has 0 saturated carbocycles. The zero-order valence-electron chi connectivity index (χ0n) is 13.5. The molecule has 0 aliphatic carbocycles. The Labute approximate surface area is 141 Å². The number of hydrogen-bond donors (Lipinski definition) is 1. The van der Waals surface area contributed by atoms with Crippen LogP contribution in [0.5, 0.6) is 0 Å². The third-order valence-electron chi connectivity index (χ3n) is 4.05. The Morgan fingerprint density at radius 2 is 2.08 bits per heavy atom. The summed E-state index contributed by atoms with van der Waals surface area (Å²) in [5.41, 5.74) is 2.11. The van der Waals surface area contributed by atoms with Crippen LogP contribution in [0.15, 0.2) is 34.9 Å². The SMILES string of the molecule is Cc1ccc(-c2cnc(CCC(=O)NC3CCS(=O)(=O)C3)o2)cc1. The topological polar surface area (TPSA) is 89.3 Å². The van der Waals surface area contributed by atoms with Crippen molar-refractivity contribution in [2.24, 2.45) is 0 Å². The number of carbonyl (C=O) groups is 1. The van der Waals surface area contributed by atoms with E-state index in [-0.39, 0.29) is 29.9 Å². The number of hydrogen-bond acceptors (Lipinski definition) is 5. The van der Waals surface area contributed by atoms with Crippen LogP contribution in [-0.2, 0) is 21.1 Å². The Kier molecular flexibility index (Phi) is 4.71. The van der Waals surface area contributed by atoms with Gasteiger partial charge in [0, 0.05) is 24.4 Å². The number of aryl methyl sites for hydroxylation is 2. The number of carbonyl (C=O) groups excluding carboxylic acids is 1. The fraction of sp³-hybridized carbons (Fsp3) is 0.412. The lowest BCUT2D eigenvalue weighted by Crippen LogP contribution is -2.35. The molecule has 0 bridgehead atoms. The molecule has 1 aromatic carbocycles. The smallest absolute Gasteiger partial charge is 0.220 e. The maximum Gasteiger partial charge on any atom is 0.220 e. The molecule has 6 nitrogen and oxygen atoms in total. The number of sulfone groups is 1. The first-order valence-corrected chi connectivity index (χ1v) is 9.75. The molecule has 1 amide bonds. The van der Waals surface area contributed by atoms with Crippen molar-refractivity contribution in [3.8, 4) is 11.3 Å². The fourth-order valence-electron chi connectivity index (χ4n) is 2.71. The van der Waals surface area contributed by atoms with Crippen LogP contribution in [0.25, 0.3) is 11.3 Å². The van der Waals surface area contributed by atoms with Crippen molar-refractivity contribution in [3.63, 3.8) is 0 Å². The average Bonchev–Trinajstić information content (AvgIpc) is 3.12. The number of oxazole rings is 1. The Morgan fingerprint density at radius 1 is 1.33 bits per heavy atom. The predicted octanol–water partition coefficient (Wildman–Crippen LogP) is 1.89. The summed E-state index contributed by atoms with van der Waals surface area (Å²) < 4.78 is 28.4. The molecular weight excluding hydrogens is 328 g/mol. The minimum Gasteiger partial charge on any atom is -0.441 e. The highest BCUT2D eigenvalue weighted by molar-refractivity contribution is 7.91. The fourth-order valence-corrected chi connectivity index (χ4v) is 4.38. The van der Waals surface area contributed by atoms with Crippen molar-refractivity contribution in [3.05, 3.63) is 41.9 Å². The molecule has 1 aliphatic rings. The quantitative estimate of drug-likeness (QED) is 0.891. The van der Waals surface area contributed by atoms with E-state index in [1.807, 2.05) is 31.2 Å². The molecule has 1 saturated heterocycles. The first kappa shape index (κ1) is 16.7. The van der Waals surface area contributed by atoms with E-state index < -0.39 is 9.84 Å². The van der Waals surface area contributed by atoms with Crippen molar-refractivity contribution < 1.29 is 17.6 Å².